The smallest absolute Gasteiger partial charge is 0.335 e. The van der Waals surface area contributed by atoms with Crippen LogP contribution in [-0.2, 0) is 14.1 Å². The molecule has 0 saturated heterocycles. The minimum Gasteiger partial charge on any atom is -0.478 e. The first kappa shape index (κ1) is 11.5. The Bertz CT molecular complexity index is 785. The molecule has 1 N–H and O–H groups in total. The number of aromatic carboxylic acids is 1. The SMILES string of the molecule is Cn1cc(-c2nc3cc(C(=O)O)ccc3n2C)cn1. The van der Waals surface area contributed by atoms with Gasteiger partial charge in [-0.1, -0.05) is 0 Å². The summed E-state index contributed by atoms with van der Waals surface area (Å²) < 4.78 is 3.63. The standard InChI is InChI=1S/C13H12N4O2/c1-16-7-9(6-14-16)12-15-10-5-8(13(18)19)3-4-11(10)17(12)2/h3-7H,1-2H3,(H,18,19). The Hall–Kier alpha value is -2.63. The Morgan fingerprint density at radius 3 is 2.74 bits per heavy atom. The lowest BCUT2D eigenvalue weighted by Gasteiger charge is -1.99. The molecule has 0 atom stereocenters. The van der Waals surface area contributed by atoms with Crippen molar-refractivity contribution in [1.29, 1.82) is 0 Å². The quantitative estimate of drug-likeness (QED) is 0.757. The van der Waals surface area contributed by atoms with E-state index in [0.717, 1.165) is 16.9 Å². The van der Waals surface area contributed by atoms with Crippen molar-refractivity contribution in [2.75, 3.05) is 0 Å². The van der Waals surface area contributed by atoms with Crippen LogP contribution in [0, 0.1) is 0 Å². The van der Waals surface area contributed by atoms with Gasteiger partial charge in [-0.25, -0.2) is 9.78 Å². The van der Waals surface area contributed by atoms with Crippen LogP contribution in [0.4, 0.5) is 0 Å². The lowest BCUT2D eigenvalue weighted by molar-refractivity contribution is 0.0697. The summed E-state index contributed by atoms with van der Waals surface area (Å²) in [5, 5.41) is 13.1. The molecule has 3 aromatic rings. The number of hydrogen-bond donors (Lipinski definition) is 1. The maximum Gasteiger partial charge on any atom is 0.335 e. The van der Waals surface area contributed by atoms with E-state index < -0.39 is 5.97 Å². The molecule has 19 heavy (non-hydrogen) atoms. The fourth-order valence-corrected chi connectivity index (χ4v) is 2.13. The number of carboxylic acids is 1. The van der Waals surface area contributed by atoms with Gasteiger partial charge >= 0.3 is 5.97 Å². The van der Waals surface area contributed by atoms with Gasteiger partial charge in [0.25, 0.3) is 0 Å². The molecule has 0 amide bonds. The Morgan fingerprint density at radius 2 is 2.11 bits per heavy atom. The Labute approximate surface area is 108 Å². The Morgan fingerprint density at radius 1 is 1.32 bits per heavy atom. The third-order valence-corrected chi connectivity index (χ3v) is 3.09. The van der Waals surface area contributed by atoms with E-state index in [0.29, 0.717) is 5.52 Å². The summed E-state index contributed by atoms with van der Waals surface area (Å²) in [5.74, 6) is -0.180. The van der Waals surface area contributed by atoms with Crippen molar-refractivity contribution in [3.63, 3.8) is 0 Å². The van der Waals surface area contributed by atoms with E-state index in [4.69, 9.17) is 5.11 Å². The van der Waals surface area contributed by atoms with Crippen LogP contribution in [0.2, 0.25) is 0 Å². The van der Waals surface area contributed by atoms with Gasteiger partial charge in [-0.2, -0.15) is 5.10 Å². The van der Waals surface area contributed by atoms with Crippen LogP contribution in [0.1, 0.15) is 10.4 Å². The van der Waals surface area contributed by atoms with Crippen LogP contribution in [0.3, 0.4) is 0 Å². The number of carboxylic acid groups (broad SMARTS) is 1. The predicted molar refractivity (Wildman–Crippen MR) is 69.9 cm³/mol. The second-order valence-electron chi connectivity index (χ2n) is 4.41. The van der Waals surface area contributed by atoms with E-state index in [1.165, 1.54) is 0 Å². The first-order valence-electron chi connectivity index (χ1n) is 5.75. The van der Waals surface area contributed by atoms with E-state index in [1.807, 2.05) is 24.9 Å². The molecule has 0 aliphatic heterocycles. The number of hydrogen-bond acceptors (Lipinski definition) is 3. The molecule has 6 heteroatoms. The van der Waals surface area contributed by atoms with Crippen molar-refractivity contribution in [3.8, 4) is 11.4 Å². The molecular weight excluding hydrogens is 244 g/mol. The van der Waals surface area contributed by atoms with Crippen molar-refractivity contribution >= 4 is 17.0 Å². The van der Waals surface area contributed by atoms with E-state index in [9.17, 15) is 4.79 Å². The van der Waals surface area contributed by atoms with Crippen LogP contribution < -0.4 is 0 Å². The molecule has 0 aliphatic carbocycles. The largest absolute Gasteiger partial charge is 0.478 e. The molecule has 0 bridgehead atoms. The Kier molecular flexibility index (Phi) is 2.38. The van der Waals surface area contributed by atoms with Gasteiger partial charge in [0.05, 0.1) is 28.4 Å². The molecule has 0 unspecified atom stereocenters. The number of nitrogens with zero attached hydrogens (tertiary/aromatic N) is 4. The molecule has 0 fully saturated rings. The van der Waals surface area contributed by atoms with Gasteiger partial charge in [0.15, 0.2) is 0 Å². The highest BCUT2D eigenvalue weighted by Gasteiger charge is 2.13. The summed E-state index contributed by atoms with van der Waals surface area (Å²) in [6, 6.07) is 4.93. The molecule has 3 rings (SSSR count). The minimum absolute atomic E-state index is 0.239. The predicted octanol–water partition coefficient (Wildman–Crippen LogP) is 1.67. The zero-order valence-corrected chi connectivity index (χ0v) is 10.5. The second-order valence-corrected chi connectivity index (χ2v) is 4.41. The highest BCUT2D eigenvalue weighted by molar-refractivity contribution is 5.93. The summed E-state index contributed by atoms with van der Waals surface area (Å²) >= 11 is 0. The molecule has 1 aromatic carbocycles. The number of carbonyl (C=O) groups is 1. The molecule has 0 radical (unpaired) electrons. The lowest BCUT2D eigenvalue weighted by Crippen LogP contribution is -1.95. The number of benzene rings is 1. The topological polar surface area (TPSA) is 72.9 Å². The van der Waals surface area contributed by atoms with Crippen LogP contribution in [0.25, 0.3) is 22.4 Å². The zero-order valence-electron chi connectivity index (χ0n) is 10.5. The fourth-order valence-electron chi connectivity index (χ4n) is 2.13. The highest BCUT2D eigenvalue weighted by atomic mass is 16.4. The lowest BCUT2D eigenvalue weighted by atomic mass is 10.2. The van der Waals surface area contributed by atoms with Crippen molar-refractivity contribution in [1.82, 2.24) is 19.3 Å². The van der Waals surface area contributed by atoms with Gasteiger partial charge in [-0.3, -0.25) is 4.68 Å². The normalized spacial score (nSPS) is 11.1. The first-order valence-corrected chi connectivity index (χ1v) is 5.75. The number of imidazole rings is 1. The summed E-state index contributed by atoms with van der Waals surface area (Å²) in [6.45, 7) is 0. The molecule has 2 aromatic heterocycles. The Balaban J connectivity index is 2.22. The number of aromatic nitrogens is 4. The molecule has 6 nitrogen and oxygen atoms in total. The summed E-state index contributed by atoms with van der Waals surface area (Å²) in [7, 11) is 3.74. The average molecular weight is 256 g/mol. The average Bonchev–Trinajstić information content (AvgIpc) is 2.93. The van der Waals surface area contributed by atoms with Gasteiger partial charge in [0.2, 0.25) is 0 Å². The molecule has 96 valence electrons. The zero-order chi connectivity index (χ0) is 13.6. The number of fused-ring (bicyclic) bond motifs is 1. The second kappa shape index (κ2) is 3.94. The summed E-state index contributed by atoms with van der Waals surface area (Å²) in [5.41, 5.74) is 2.70. The summed E-state index contributed by atoms with van der Waals surface area (Å²) in [6.07, 6.45) is 3.61. The first-order chi connectivity index (χ1) is 9.06. The summed E-state index contributed by atoms with van der Waals surface area (Å²) in [4.78, 5) is 15.4. The third-order valence-electron chi connectivity index (χ3n) is 3.09. The van der Waals surface area contributed by atoms with Gasteiger partial charge in [0, 0.05) is 20.3 Å². The highest BCUT2D eigenvalue weighted by Crippen LogP contribution is 2.23. The van der Waals surface area contributed by atoms with Gasteiger partial charge < -0.3 is 9.67 Å². The van der Waals surface area contributed by atoms with Crippen LogP contribution in [0.15, 0.2) is 30.6 Å². The number of rotatable bonds is 2. The maximum absolute atomic E-state index is 11.0. The van der Waals surface area contributed by atoms with E-state index in [2.05, 4.69) is 10.1 Å². The van der Waals surface area contributed by atoms with Gasteiger partial charge in [-0.05, 0) is 18.2 Å². The van der Waals surface area contributed by atoms with E-state index in [-0.39, 0.29) is 5.56 Å². The van der Waals surface area contributed by atoms with E-state index >= 15 is 0 Å². The number of aryl methyl sites for hydroxylation is 2. The molecule has 0 spiro atoms. The van der Waals surface area contributed by atoms with Crippen molar-refractivity contribution in [2.24, 2.45) is 14.1 Å². The van der Waals surface area contributed by atoms with Crippen molar-refractivity contribution in [3.05, 3.63) is 36.2 Å². The van der Waals surface area contributed by atoms with Crippen molar-refractivity contribution in [2.45, 2.75) is 0 Å². The van der Waals surface area contributed by atoms with Gasteiger partial charge in [0.1, 0.15) is 5.82 Å². The van der Waals surface area contributed by atoms with Crippen molar-refractivity contribution < 1.29 is 9.90 Å². The third kappa shape index (κ3) is 1.77. The van der Waals surface area contributed by atoms with Crippen LogP contribution in [0.5, 0.6) is 0 Å². The van der Waals surface area contributed by atoms with E-state index in [1.54, 1.807) is 29.1 Å². The molecule has 0 aliphatic rings. The monoisotopic (exact) mass is 256 g/mol. The van der Waals surface area contributed by atoms with Crippen LogP contribution in [-0.4, -0.2) is 30.4 Å². The van der Waals surface area contributed by atoms with Crippen LogP contribution >= 0.6 is 0 Å². The maximum atomic E-state index is 11.0. The fraction of sp³-hybridized carbons (Fsp3) is 0.154. The molecule has 2 heterocycles. The van der Waals surface area contributed by atoms with Gasteiger partial charge in [-0.15, -0.1) is 0 Å². The molecular formula is C13H12N4O2. The minimum atomic E-state index is -0.949. The molecule has 0 saturated carbocycles.